The maximum absolute atomic E-state index is 14.0. The van der Waals surface area contributed by atoms with Crippen molar-refractivity contribution in [2.45, 2.75) is 0 Å². The van der Waals surface area contributed by atoms with Crippen LogP contribution in [0.4, 0.5) is 4.39 Å². The Hall–Kier alpha value is -2.03. The second-order valence-corrected chi connectivity index (χ2v) is 3.48. The van der Waals surface area contributed by atoms with Gasteiger partial charge in [-0.1, -0.05) is 36.9 Å². The van der Waals surface area contributed by atoms with Gasteiger partial charge < -0.3 is 9.47 Å². The van der Waals surface area contributed by atoms with Crippen LogP contribution in [0, 0.1) is 5.82 Å². The molecule has 3 heteroatoms. The van der Waals surface area contributed by atoms with E-state index in [-0.39, 0.29) is 11.6 Å². The highest BCUT2D eigenvalue weighted by Gasteiger charge is 2.07. The first-order chi connectivity index (χ1) is 8.33. The van der Waals surface area contributed by atoms with E-state index in [4.69, 9.17) is 9.47 Å². The van der Waals surface area contributed by atoms with Crippen LogP contribution in [0.5, 0.6) is 5.75 Å². The molecule has 0 amide bonds. The molecule has 0 bridgehead atoms. The van der Waals surface area contributed by atoms with Crippen LogP contribution in [-0.2, 0) is 4.74 Å². The van der Waals surface area contributed by atoms with E-state index in [1.165, 1.54) is 6.26 Å². The first-order valence-electron chi connectivity index (χ1n) is 5.35. The predicted octanol–water partition coefficient (Wildman–Crippen LogP) is 3.52. The van der Waals surface area contributed by atoms with Gasteiger partial charge in [-0.05, 0) is 11.5 Å². The van der Waals surface area contributed by atoms with E-state index in [2.05, 4.69) is 6.58 Å². The molecule has 0 saturated carbocycles. The maximum Gasteiger partial charge on any atom is 0.172 e. The first kappa shape index (κ1) is 11.5. The molecule has 0 aliphatic carbocycles. The van der Waals surface area contributed by atoms with Crippen LogP contribution in [0.2, 0.25) is 0 Å². The monoisotopic (exact) mass is 232 g/mol. The third-order valence-electron chi connectivity index (χ3n) is 2.40. The van der Waals surface area contributed by atoms with E-state index >= 15 is 0 Å². The third-order valence-corrected chi connectivity index (χ3v) is 2.40. The van der Waals surface area contributed by atoms with Crippen molar-refractivity contribution in [1.29, 1.82) is 0 Å². The summed E-state index contributed by atoms with van der Waals surface area (Å²) in [7, 11) is 0. The van der Waals surface area contributed by atoms with Crippen LogP contribution in [-0.4, -0.2) is 13.2 Å². The number of rotatable bonds is 5. The van der Waals surface area contributed by atoms with Gasteiger partial charge in [-0.15, -0.1) is 0 Å². The average Bonchev–Trinajstić information content (AvgIpc) is 2.37. The number of halogens is 1. The zero-order valence-electron chi connectivity index (χ0n) is 9.36. The Morgan fingerprint density at radius 1 is 1.12 bits per heavy atom. The van der Waals surface area contributed by atoms with E-state index in [9.17, 15) is 4.39 Å². The molecule has 88 valence electrons. The van der Waals surface area contributed by atoms with Gasteiger partial charge in [0, 0.05) is 5.39 Å². The number of benzene rings is 2. The molecule has 0 fully saturated rings. The van der Waals surface area contributed by atoms with Crippen molar-refractivity contribution in [2.24, 2.45) is 0 Å². The molecule has 17 heavy (non-hydrogen) atoms. The molecule has 2 aromatic carbocycles. The molecular formula is C14H13FO2. The normalized spacial score (nSPS) is 10.2. The Balaban J connectivity index is 2.18. The number of hydrogen-bond donors (Lipinski definition) is 0. The number of ether oxygens (including phenoxy) is 2. The van der Waals surface area contributed by atoms with Crippen molar-refractivity contribution in [3.63, 3.8) is 0 Å². The summed E-state index contributed by atoms with van der Waals surface area (Å²) in [6.07, 6.45) is 1.33. The Kier molecular flexibility index (Phi) is 3.60. The van der Waals surface area contributed by atoms with Crippen LogP contribution >= 0.6 is 0 Å². The Morgan fingerprint density at radius 3 is 2.76 bits per heavy atom. The summed E-state index contributed by atoms with van der Waals surface area (Å²) in [4.78, 5) is 0. The second-order valence-electron chi connectivity index (χ2n) is 3.48. The van der Waals surface area contributed by atoms with Gasteiger partial charge in [0.15, 0.2) is 11.6 Å². The minimum atomic E-state index is -0.332. The predicted molar refractivity (Wildman–Crippen MR) is 65.6 cm³/mol. The van der Waals surface area contributed by atoms with E-state index < -0.39 is 0 Å². The van der Waals surface area contributed by atoms with Gasteiger partial charge in [-0.2, -0.15) is 0 Å². The number of hydrogen-bond acceptors (Lipinski definition) is 2. The quantitative estimate of drug-likeness (QED) is 0.580. The lowest BCUT2D eigenvalue weighted by Gasteiger charge is -2.08. The first-order valence-corrected chi connectivity index (χ1v) is 5.35. The molecule has 0 aromatic heterocycles. The van der Waals surface area contributed by atoms with Crippen molar-refractivity contribution in [3.05, 3.63) is 55.1 Å². The highest BCUT2D eigenvalue weighted by atomic mass is 19.1. The summed E-state index contributed by atoms with van der Waals surface area (Å²) in [5.41, 5.74) is 0. The van der Waals surface area contributed by atoms with Crippen LogP contribution in [0.25, 0.3) is 10.8 Å². The van der Waals surface area contributed by atoms with Crippen molar-refractivity contribution in [1.82, 2.24) is 0 Å². The lowest BCUT2D eigenvalue weighted by molar-refractivity contribution is 0.176. The molecule has 0 aliphatic heterocycles. The molecule has 2 rings (SSSR count). The minimum absolute atomic E-state index is 0.247. The smallest absolute Gasteiger partial charge is 0.172 e. The summed E-state index contributed by atoms with van der Waals surface area (Å²) in [6.45, 7) is 4.06. The van der Waals surface area contributed by atoms with Gasteiger partial charge in [0.05, 0.1) is 6.26 Å². The minimum Gasteiger partial charge on any atom is -0.498 e. The Morgan fingerprint density at radius 2 is 1.94 bits per heavy atom. The van der Waals surface area contributed by atoms with Gasteiger partial charge >= 0.3 is 0 Å². The van der Waals surface area contributed by atoms with Crippen LogP contribution in [0.15, 0.2) is 49.2 Å². The lowest BCUT2D eigenvalue weighted by Crippen LogP contribution is -2.05. The van der Waals surface area contributed by atoms with Gasteiger partial charge in [-0.3, -0.25) is 0 Å². The fourth-order valence-electron chi connectivity index (χ4n) is 1.61. The molecule has 0 unspecified atom stereocenters. The van der Waals surface area contributed by atoms with Crippen molar-refractivity contribution in [3.8, 4) is 5.75 Å². The van der Waals surface area contributed by atoms with Crippen LogP contribution in [0.3, 0.4) is 0 Å². The Bertz CT molecular complexity index is 523. The lowest BCUT2D eigenvalue weighted by atomic mass is 10.1. The van der Waals surface area contributed by atoms with E-state index in [1.54, 1.807) is 18.2 Å². The molecule has 0 spiro atoms. The number of fused-ring (bicyclic) bond motifs is 1. The highest BCUT2D eigenvalue weighted by molar-refractivity contribution is 5.84. The summed E-state index contributed by atoms with van der Waals surface area (Å²) in [5, 5.41) is 1.43. The topological polar surface area (TPSA) is 18.5 Å². The SMILES string of the molecule is C=COCCOc1ccc2ccccc2c1F. The fourth-order valence-corrected chi connectivity index (χ4v) is 1.61. The third kappa shape index (κ3) is 2.56. The molecule has 2 aromatic rings. The van der Waals surface area contributed by atoms with Gasteiger partial charge in [0.1, 0.15) is 13.2 Å². The van der Waals surface area contributed by atoms with Crippen molar-refractivity contribution in [2.75, 3.05) is 13.2 Å². The fraction of sp³-hybridized carbons (Fsp3) is 0.143. The molecule has 0 aliphatic rings. The average molecular weight is 232 g/mol. The zero-order valence-corrected chi connectivity index (χ0v) is 9.36. The molecular weight excluding hydrogens is 219 g/mol. The van der Waals surface area contributed by atoms with Gasteiger partial charge in [-0.25, -0.2) is 4.39 Å². The van der Waals surface area contributed by atoms with Gasteiger partial charge in [0.25, 0.3) is 0 Å². The molecule has 0 N–H and O–H groups in total. The van der Waals surface area contributed by atoms with E-state index in [0.717, 1.165) is 5.39 Å². The summed E-state index contributed by atoms with van der Waals surface area (Å²) in [5.74, 6) is -0.0851. The summed E-state index contributed by atoms with van der Waals surface area (Å²) < 4.78 is 24.2. The zero-order chi connectivity index (χ0) is 12.1. The molecule has 2 nitrogen and oxygen atoms in total. The largest absolute Gasteiger partial charge is 0.498 e. The Labute approximate surface area is 99.3 Å². The van der Waals surface area contributed by atoms with Crippen molar-refractivity contribution >= 4 is 10.8 Å². The summed E-state index contributed by atoms with van der Waals surface area (Å²) in [6, 6.07) is 10.7. The van der Waals surface area contributed by atoms with Crippen molar-refractivity contribution < 1.29 is 13.9 Å². The van der Waals surface area contributed by atoms with E-state index in [0.29, 0.717) is 18.6 Å². The highest BCUT2D eigenvalue weighted by Crippen LogP contribution is 2.25. The standard InChI is InChI=1S/C14H13FO2/c1-2-16-9-10-17-13-8-7-11-5-3-4-6-12(11)14(13)15/h2-8H,1,9-10H2. The van der Waals surface area contributed by atoms with Gasteiger partial charge in [0.2, 0.25) is 0 Å². The van der Waals surface area contributed by atoms with E-state index in [1.807, 2.05) is 18.2 Å². The molecule has 0 heterocycles. The van der Waals surface area contributed by atoms with Crippen LogP contribution in [0.1, 0.15) is 0 Å². The molecule has 0 saturated heterocycles. The molecule has 0 radical (unpaired) electrons. The maximum atomic E-state index is 14.0. The second kappa shape index (κ2) is 5.34. The van der Waals surface area contributed by atoms with Crippen LogP contribution < -0.4 is 4.74 Å². The summed E-state index contributed by atoms with van der Waals surface area (Å²) >= 11 is 0. The molecule has 0 atom stereocenters.